The highest BCUT2D eigenvalue weighted by atomic mass is 19.3. The van der Waals surface area contributed by atoms with Crippen LogP contribution >= 0.6 is 0 Å². The van der Waals surface area contributed by atoms with E-state index < -0.39 is 23.4 Å². The molecule has 0 bridgehead atoms. The number of hydrogen-bond acceptors (Lipinski definition) is 3. The smallest absolute Gasteiger partial charge is 0.323 e. The van der Waals surface area contributed by atoms with Crippen molar-refractivity contribution in [2.75, 3.05) is 6.54 Å². The Morgan fingerprint density at radius 1 is 1.16 bits per heavy atom. The first-order valence-corrected chi connectivity index (χ1v) is 9.16. The van der Waals surface area contributed by atoms with Crippen LogP contribution in [0.4, 0.5) is 13.6 Å². The van der Waals surface area contributed by atoms with Gasteiger partial charge in [0.05, 0.1) is 6.54 Å². The third-order valence-corrected chi connectivity index (χ3v) is 5.93. The highest BCUT2D eigenvalue weighted by Gasteiger charge is 2.54. The van der Waals surface area contributed by atoms with Crippen LogP contribution in [0.15, 0.2) is 0 Å². The topological polar surface area (TPSA) is 66.5 Å². The van der Waals surface area contributed by atoms with Gasteiger partial charge in [-0.15, -0.1) is 0 Å². The molecule has 3 aliphatic rings. The van der Waals surface area contributed by atoms with E-state index in [1.165, 1.54) is 0 Å². The minimum absolute atomic E-state index is 0.120. The number of nitrogens with one attached hydrogen (secondary N) is 1. The lowest BCUT2D eigenvalue weighted by Crippen LogP contribution is -2.52. The van der Waals surface area contributed by atoms with Crippen molar-refractivity contribution in [3.63, 3.8) is 0 Å². The Bertz CT molecular complexity index is 573. The number of urea groups is 1. The molecule has 2 aliphatic carbocycles. The average molecular weight is 356 g/mol. The summed E-state index contributed by atoms with van der Waals surface area (Å²) in [6.45, 7) is 3.82. The van der Waals surface area contributed by atoms with Gasteiger partial charge < -0.3 is 5.32 Å². The number of rotatable bonds is 3. The maximum atomic E-state index is 13.2. The standard InChI is InChI=1S/C18H26F2N2O3/c1-11-7-12(2)9-17(8-11)15(24)22(16(25)21-17)10-14(23)13-3-5-18(19,20)6-4-13/h11-13H,3-10H2,1-2H3,(H,21,25). The lowest BCUT2D eigenvalue weighted by atomic mass is 9.71. The molecule has 25 heavy (non-hydrogen) atoms. The van der Waals surface area contributed by atoms with Gasteiger partial charge in [0.1, 0.15) is 5.54 Å². The van der Waals surface area contributed by atoms with E-state index in [4.69, 9.17) is 0 Å². The first kappa shape index (κ1) is 18.3. The molecule has 2 atom stereocenters. The number of ketones is 1. The summed E-state index contributed by atoms with van der Waals surface area (Å²) in [5.74, 6) is -3.15. The fourth-order valence-corrected chi connectivity index (χ4v) is 4.87. The number of carbonyl (C=O) groups is 3. The van der Waals surface area contributed by atoms with E-state index in [0.29, 0.717) is 24.7 Å². The monoisotopic (exact) mass is 356 g/mol. The van der Waals surface area contributed by atoms with Gasteiger partial charge in [-0.2, -0.15) is 0 Å². The van der Waals surface area contributed by atoms with Gasteiger partial charge in [0.2, 0.25) is 5.92 Å². The Morgan fingerprint density at radius 3 is 2.28 bits per heavy atom. The second-order valence-electron chi connectivity index (χ2n) is 8.35. The Kier molecular flexibility index (Phi) is 4.62. The molecule has 1 spiro atoms. The Hall–Kier alpha value is -1.53. The molecule has 5 nitrogen and oxygen atoms in total. The molecule has 7 heteroatoms. The van der Waals surface area contributed by atoms with Crippen LogP contribution in [0.3, 0.4) is 0 Å². The summed E-state index contributed by atoms with van der Waals surface area (Å²) in [6.07, 6.45) is 1.82. The van der Waals surface area contributed by atoms with Crippen molar-refractivity contribution in [1.29, 1.82) is 0 Å². The van der Waals surface area contributed by atoms with Crippen LogP contribution in [0.5, 0.6) is 0 Å². The number of nitrogens with zero attached hydrogens (tertiary/aromatic N) is 1. The van der Waals surface area contributed by atoms with Crippen LogP contribution in [-0.4, -0.2) is 40.6 Å². The molecule has 140 valence electrons. The molecule has 0 aromatic rings. The predicted molar refractivity (Wildman–Crippen MR) is 87.1 cm³/mol. The van der Waals surface area contributed by atoms with Gasteiger partial charge in [-0.1, -0.05) is 13.8 Å². The number of Topliss-reactive ketones (excluding diaryl/α,β-unsaturated/α-hetero) is 1. The van der Waals surface area contributed by atoms with Crippen LogP contribution in [0.25, 0.3) is 0 Å². The molecule has 1 aliphatic heterocycles. The van der Waals surface area contributed by atoms with Crippen LogP contribution in [0.1, 0.15) is 58.8 Å². The van der Waals surface area contributed by atoms with Gasteiger partial charge in [0.15, 0.2) is 5.78 Å². The molecule has 2 saturated carbocycles. The van der Waals surface area contributed by atoms with E-state index in [2.05, 4.69) is 19.2 Å². The molecular formula is C18H26F2N2O3. The van der Waals surface area contributed by atoms with Crippen LogP contribution in [0.2, 0.25) is 0 Å². The molecule has 1 saturated heterocycles. The van der Waals surface area contributed by atoms with Gasteiger partial charge in [-0.25, -0.2) is 13.6 Å². The van der Waals surface area contributed by atoms with Gasteiger partial charge >= 0.3 is 6.03 Å². The molecule has 0 aromatic carbocycles. The molecular weight excluding hydrogens is 330 g/mol. The summed E-state index contributed by atoms with van der Waals surface area (Å²) in [5.41, 5.74) is -0.895. The maximum Gasteiger partial charge on any atom is 0.325 e. The fraction of sp³-hybridized carbons (Fsp3) is 0.833. The SMILES string of the molecule is CC1CC(C)CC2(C1)NC(=O)N(CC(=O)C1CCC(F)(F)CC1)C2=O. The van der Waals surface area contributed by atoms with Crippen molar-refractivity contribution in [3.05, 3.63) is 0 Å². The largest absolute Gasteiger partial charge is 0.325 e. The second kappa shape index (κ2) is 6.32. The minimum atomic E-state index is -2.70. The zero-order chi connectivity index (χ0) is 18.4. The van der Waals surface area contributed by atoms with Gasteiger partial charge in [-0.05, 0) is 43.9 Å². The number of alkyl halides is 2. The van der Waals surface area contributed by atoms with E-state index >= 15 is 0 Å². The molecule has 3 amide bonds. The van der Waals surface area contributed by atoms with E-state index in [-0.39, 0.29) is 43.9 Å². The van der Waals surface area contributed by atoms with E-state index in [0.717, 1.165) is 11.3 Å². The fourth-order valence-electron chi connectivity index (χ4n) is 4.87. The molecule has 3 rings (SSSR count). The third kappa shape index (κ3) is 3.55. The highest BCUT2D eigenvalue weighted by Crippen LogP contribution is 2.40. The zero-order valence-corrected chi connectivity index (χ0v) is 14.8. The molecule has 0 aromatic heterocycles. The minimum Gasteiger partial charge on any atom is -0.323 e. The first-order valence-electron chi connectivity index (χ1n) is 9.16. The molecule has 0 radical (unpaired) electrons. The van der Waals surface area contributed by atoms with Gasteiger partial charge in [0, 0.05) is 18.8 Å². The average Bonchev–Trinajstić information content (AvgIpc) is 2.70. The lowest BCUT2D eigenvalue weighted by Gasteiger charge is -2.38. The van der Waals surface area contributed by atoms with Crippen LogP contribution in [-0.2, 0) is 9.59 Å². The van der Waals surface area contributed by atoms with Crippen molar-refractivity contribution in [2.45, 2.75) is 70.3 Å². The highest BCUT2D eigenvalue weighted by molar-refractivity contribution is 6.09. The molecule has 1 N–H and O–H groups in total. The normalized spacial score (nSPS) is 35.9. The maximum absolute atomic E-state index is 13.2. The van der Waals surface area contributed by atoms with Crippen LogP contribution < -0.4 is 5.32 Å². The predicted octanol–water partition coefficient (Wildman–Crippen LogP) is 3.13. The summed E-state index contributed by atoms with van der Waals surface area (Å²) in [7, 11) is 0. The van der Waals surface area contributed by atoms with Gasteiger partial charge in [0.25, 0.3) is 5.91 Å². The Labute approximate surface area is 146 Å². The summed E-state index contributed by atoms with van der Waals surface area (Å²) >= 11 is 0. The number of hydrogen-bond donors (Lipinski definition) is 1. The van der Waals surface area contributed by atoms with Crippen molar-refractivity contribution in [3.8, 4) is 0 Å². The third-order valence-electron chi connectivity index (χ3n) is 5.93. The number of carbonyl (C=O) groups excluding carboxylic acids is 3. The van der Waals surface area contributed by atoms with Crippen molar-refractivity contribution < 1.29 is 23.2 Å². The lowest BCUT2D eigenvalue weighted by molar-refractivity contribution is -0.138. The quantitative estimate of drug-likeness (QED) is 0.790. The first-order chi connectivity index (χ1) is 11.6. The zero-order valence-electron chi connectivity index (χ0n) is 14.8. The summed E-state index contributed by atoms with van der Waals surface area (Å²) < 4.78 is 26.5. The summed E-state index contributed by atoms with van der Waals surface area (Å²) in [6, 6.07) is -0.527. The Balaban J connectivity index is 1.66. The van der Waals surface area contributed by atoms with Crippen molar-refractivity contribution in [2.24, 2.45) is 17.8 Å². The number of halogens is 2. The summed E-state index contributed by atoms with van der Waals surface area (Å²) in [4.78, 5) is 38.6. The second-order valence-corrected chi connectivity index (χ2v) is 8.35. The Morgan fingerprint density at radius 2 is 1.72 bits per heavy atom. The van der Waals surface area contributed by atoms with Gasteiger partial charge in [-0.3, -0.25) is 14.5 Å². The van der Waals surface area contributed by atoms with E-state index in [1.807, 2.05) is 0 Å². The van der Waals surface area contributed by atoms with Crippen LogP contribution in [0, 0.1) is 17.8 Å². The molecule has 1 heterocycles. The number of imide groups is 1. The van der Waals surface area contributed by atoms with E-state index in [1.54, 1.807) is 0 Å². The number of amides is 3. The summed E-state index contributed by atoms with van der Waals surface area (Å²) in [5, 5.41) is 2.82. The van der Waals surface area contributed by atoms with Crippen molar-refractivity contribution in [1.82, 2.24) is 10.2 Å². The van der Waals surface area contributed by atoms with Crippen molar-refractivity contribution >= 4 is 17.7 Å². The molecule has 2 unspecified atom stereocenters. The molecule has 3 fully saturated rings. The van der Waals surface area contributed by atoms with E-state index in [9.17, 15) is 23.2 Å².